The zero-order valence-electron chi connectivity index (χ0n) is 17.1. The van der Waals surface area contributed by atoms with Crippen molar-refractivity contribution < 1.29 is 28.7 Å². The summed E-state index contributed by atoms with van der Waals surface area (Å²) in [5.74, 6) is -2.71. The van der Waals surface area contributed by atoms with Gasteiger partial charge in [0.1, 0.15) is 6.54 Å². The Bertz CT molecular complexity index is 866. The van der Waals surface area contributed by atoms with E-state index in [2.05, 4.69) is 10.1 Å². The molecule has 30 heavy (non-hydrogen) atoms. The number of urea groups is 1. The molecule has 1 aromatic rings. The van der Waals surface area contributed by atoms with E-state index in [1.165, 1.54) is 7.11 Å². The summed E-state index contributed by atoms with van der Waals surface area (Å²) in [5, 5.41) is 2.62. The number of esters is 1. The van der Waals surface area contributed by atoms with Crippen LogP contribution in [-0.2, 0) is 25.7 Å². The normalized spacial score (nSPS) is 21.7. The summed E-state index contributed by atoms with van der Waals surface area (Å²) in [6, 6.07) is 5.44. The lowest BCUT2D eigenvalue weighted by Crippen LogP contribution is -2.47. The number of ether oxygens (including phenoxy) is 1. The van der Waals surface area contributed by atoms with Gasteiger partial charge in [-0.15, -0.1) is 0 Å². The molecule has 0 bridgehead atoms. The summed E-state index contributed by atoms with van der Waals surface area (Å²) < 4.78 is 4.63. The number of carbonyl (C=O) groups is 5. The lowest BCUT2D eigenvalue weighted by atomic mass is 9.85. The molecule has 2 atom stereocenters. The molecule has 1 saturated carbocycles. The fraction of sp³-hybridized carbons (Fsp3) is 0.476. The van der Waals surface area contributed by atoms with Gasteiger partial charge in [-0.05, 0) is 36.5 Å². The second kappa shape index (κ2) is 9.06. The first-order valence-corrected chi connectivity index (χ1v) is 9.96. The summed E-state index contributed by atoms with van der Waals surface area (Å²) in [5.41, 5.74) is 1.11. The first kappa shape index (κ1) is 21.5. The molecule has 9 nitrogen and oxygen atoms in total. The highest BCUT2D eigenvalue weighted by molar-refractivity contribution is 6.45. The zero-order valence-corrected chi connectivity index (χ0v) is 17.1. The highest BCUT2D eigenvalue weighted by atomic mass is 16.5. The molecule has 1 aromatic carbocycles. The number of methoxy groups -OCH3 is 1. The van der Waals surface area contributed by atoms with Crippen LogP contribution in [0.2, 0.25) is 0 Å². The van der Waals surface area contributed by atoms with Crippen molar-refractivity contribution in [2.75, 3.05) is 13.7 Å². The molecular weight excluding hydrogens is 390 g/mol. The molecule has 1 N–H and O–H groups in total. The predicted octanol–water partition coefficient (Wildman–Crippen LogP) is 1.46. The van der Waals surface area contributed by atoms with Crippen molar-refractivity contribution in [1.82, 2.24) is 15.1 Å². The molecule has 2 fully saturated rings. The number of nitrogens with zero attached hydrogens (tertiary/aromatic N) is 2. The van der Waals surface area contributed by atoms with Crippen LogP contribution >= 0.6 is 0 Å². The van der Waals surface area contributed by atoms with Gasteiger partial charge in [0.15, 0.2) is 0 Å². The minimum atomic E-state index is -0.963. The van der Waals surface area contributed by atoms with E-state index in [4.69, 9.17) is 0 Å². The quantitative estimate of drug-likeness (QED) is 0.428. The second-order valence-electron chi connectivity index (χ2n) is 7.64. The van der Waals surface area contributed by atoms with E-state index in [1.54, 1.807) is 24.3 Å². The van der Waals surface area contributed by atoms with E-state index in [9.17, 15) is 24.0 Å². The van der Waals surface area contributed by atoms with Crippen molar-refractivity contribution in [2.24, 2.45) is 5.92 Å². The third-order valence-electron chi connectivity index (χ3n) is 5.65. The van der Waals surface area contributed by atoms with Crippen molar-refractivity contribution in [3.05, 3.63) is 35.4 Å². The Morgan fingerprint density at radius 2 is 1.73 bits per heavy atom. The molecule has 5 amide bonds. The van der Waals surface area contributed by atoms with Crippen molar-refractivity contribution in [2.45, 2.75) is 45.2 Å². The molecule has 9 heteroatoms. The fourth-order valence-electron chi connectivity index (χ4n) is 3.91. The fourth-order valence-corrected chi connectivity index (χ4v) is 3.91. The zero-order chi connectivity index (χ0) is 21.8. The number of imide groups is 2. The summed E-state index contributed by atoms with van der Waals surface area (Å²) >= 11 is 0. The number of amides is 5. The molecule has 1 aliphatic heterocycles. The Hall–Kier alpha value is -3.23. The lowest BCUT2D eigenvalue weighted by molar-refractivity contribution is -0.145. The third kappa shape index (κ3) is 4.34. The Kier molecular flexibility index (Phi) is 6.49. The maximum Gasteiger partial charge on any atom is 0.337 e. The standard InChI is InChI=1S/C21H25N3O6/c1-13-5-3-4-6-16(13)24-19(27)18(26)23(21(24)29)12-17(25)22-11-14-7-9-15(10-8-14)20(28)30-2/h7-10,13,16H,3-6,11-12H2,1-2H3,(H,22,25)/t13-,16-/m0/s1. The van der Waals surface area contributed by atoms with E-state index in [0.717, 1.165) is 29.7 Å². The number of nitrogens with one attached hydrogen (secondary N) is 1. The average molecular weight is 415 g/mol. The van der Waals surface area contributed by atoms with Crippen LogP contribution in [0.4, 0.5) is 4.79 Å². The van der Waals surface area contributed by atoms with E-state index in [-0.39, 0.29) is 18.5 Å². The molecule has 1 aliphatic carbocycles. The SMILES string of the molecule is COC(=O)c1ccc(CNC(=O)CN2C(=O)C(=O)N([C@H]3CCCC[C@@H]3C)C2=O)cc1. The highest BCUT2D eigenvalue weighted by Crippen LogP contribution is 2.31. The number of carbonyl (C=O) groups excluding carboxylic acids is 5. The number of hydrogen-bond acceptors (Lipinski definition) is 6. The number of benzene rings is 1. The molecule has 1 heterocycles. The summed E-state index contributed by atoms with van der Waals surface area (Å²) in [6.45, 7) is 1.60. The highest BCUT2D eigenvalue weighted by Gasteiger charge is 2.49. The summed E-state index contributed by atoms with van der Waals surface area (Å²) in [6.07, 6.45) is 3.50. The minimum absolute atomic E-state index is 0.126. The van der Waals surface area contributed by atoms with Gasteiger partial charge in [0.25, 0.3) is 0 Å². The first-order chi connectivity index (χ1) is 14.3. The van der Waals surface area contributed by atoms with Gasteiger partial charge in [-0.25, -0.2) is 14.5 Å². The lowest BCUT2D eigenvalue weighted by Gasteiger charge is -2.34. The molecule has 2 aliphatic rings. The molecule has 1 saturated heterocycles. The topological polar surface area (TPSA) is 113 Å². The molecule has 0 unspecified atom stereocenters. The van der Waals surface area contributed by atoms with Gasteiger partial charge in [-0.2, -0.15) is 0 Å². The van der Waals surface area contributed by atoms with Crippen LogP contribution in [-0.4, -0.2) is 59.2 Å². The van der Waals surface area contributed by atoms with Crippen LogP contribution < -0.4 is 5.32 Å². The van der Waals surface area contributed by atoms with Gasteiger partial charge in [0, 0.05) is 12.6 Å². The number of rotatable bonds is 6. The van der Waals surface area contributed by atoms with Crippen molar-refractivity contribution >= 4 is 29.7 Å². The van der Waals surface area contributed by atoms with Crippen LogP contribution in [0.3, 0.4) is 0 Å². The molecule has 0 radical (unpaired) electrons. The van der Waals surface area contributed by atoms with Crippen LogP contribution in [0.5, 0.6) is 0 Å². The minimum Gasteiger partial charge on any atom is -0.465 e. The van der Waals surface area contributed by atoms with E-state index in [1.807, 2.05) is 6.92 Å². The first-order valence-electron chi connectivity index (χ1n) is 9.96. The van der Waals surface area contributed by atoms with Gasteiger partial charge in [-0.1, -0.05) is 31.9 Å². The largest absolute Gasteiger partial charge is 0.465 e. The van der Waals surface area contributed by atoms with E-state index in [0.29, 0.717) is 16.9 Å². The van der Waals surface area contributed by atoms with Gasteiger partial charge >= 0.3 is 23.8 Å². The number of hydrogen-bond donors (Lipinski definition) is 1. The van der Waals surface area contributed by atoms with Crippen molar-refractivity contribution in [3.63, 3.8) is 0 Å². The van der Waals surface area contributed by atoms with Crippen LogP contribution in [0, 0.1) is 5.92 Å². The molecule has 0 aromatic heterocycles. The Morgan fingerprint density at radius 3 is 2.37 bits per heavy atom. The summed E-state index contributed by atoms with van der Waals surface area (Å²) in [7, 11) is 1.29. The molecular formula is C21H25N3O6. The Labute approximate surface area is 174 Å². The Morgan fingerprint density at radius 1 is 1.07 bits per heavy atom. The van der Waals surface area contributed by atoms with Crippen molar-refractivity contribution in [1.29, 1.82) is 0 Å². The molecule has 0 spiro atoms. The van der Waals surface area contributed by atoms with Gasteiger partial charge in [0.05, 0.1) is 12.7 Å². The second-order valence-corrected chi connectivity index (χ2v) is 7.64. The van der Waals surface area contributed by atoms with Gasteiger partial charge in [0.2, 0.25) is 5.91 Å². The molecule has 160 valence electrons. The van der Waals surface area contributed by atoms with E-state index < -0.39 is 36.3 Å². The Balaban J connectivity index is 1.58. The summed E-state index contributed by atoms with van der Waals surface area (Å²) in [4.78, 5) is 62.8. The smallest absolute Gasteiger partial charge is 0.337 e. The molecule has 3 rings (SSSR count). The van der Waals surface area contributed by atoms with Crippen molar-refractivity contribution in [3.8, 4) is 0 Å². The maximum atomic E-state index is 12.7. The van der Waals surface area contributed by atoms with Gasteiger partial charge in [-0.3, -0.25) is 19.3 Å². The monoisotopic (exact) mass is 415 g/mol. The van der Waals surface area contributed by atoms with E-state index >= 15 is 0 Å². The predicted molar refractivity (Wildman–Crippen MR) is 105 cm³/mol. The third-order valence-corrected chi connectivity index (χ3v) is 5.65. The van der Waals surface area contributed by atoms with Crippen LogP contribution in [0.25, 0.3) is 0 Å². The van der Waals surface area contributed by atoms with Crippen LogP contribution in [0.15, 0.2) is 24.3 Å². The maximum absolute atomic E-state index is 12.7. The van der Waals surface area contributed by atoms with Crippen LogP contribution in [0.1, 0.15) is 48.5 Å². The van der Waals surface area contributed by atoms with Gasteiger partial charge < -0.3 is 10.1 Å². The average Bonchev–Trinajstić information content (AvgIpc) is 2.96.